The third-order valence-electron chi connectivity index (χ3n) is 3.25. The van der Waals surface area contributed by atoms with Gasteiger partial charge in [-0.05, 0) is 29.3 Å². The Bertz CT molecular complexity index is 745. The summed E-state index contributed by atoms with van der Waals surface area (Å²) in [7, 11) is 0. The summed E-state index contributed by atoms with van der Waals surface area (Å²) < 4.78 is 1.01. The average molecular weight is 329 g/mol. The summed E-state index contributed by atoms with van der Waals surface area (Å²) in [6.45, 7) is 0. The van der Waals surface area contributed by atoms with E-state index < -0.39 is 6.10 Å². The Morgan fingerprint density at radius 1 is 1.00 bits per heavy atom. The van der Waals surface area contributed by atoms with Crippen LogP contribution in [-0.4, -0.2) is 15.1 Å². The van der Waals surface area contributed by atoms with Gasteiger partial charge in [-0.2, -0.15) is 0 Å². The number of fused-ring (bicyclic) bond motifs is 1. The predicted octanol–water partition coefficient (Wildman–Crippen LogP) is 3.67. The van der Waals surface area contributed by atoms with Gasteiger partial charge in [0, 0.05) is 23.3 Å². The summed E-state index contributed by atoms with van der Waals surface area (Å²) in [6, 6.07) is 13.6. The van der Waals surface area contributed by atoms with E-state index in [2.05, 4.69) is 25.9 Å². The summed E-state index contributed by atoms with van der Waals surface area (Å²) in [5.74, 6) is 0. The molecule has 3 nitrogen and oxygen atoms in total. The number of aliphatic hydroxyl groups is 1. The highest BCUT2D eigenvalue weighted by Crippen LogP contribution is 2.25. The second kappa shape index (κ2) is 5.69. The topological polar surface area (TPSA) is 46.0 Å². The van der Waals surface area contributed by atoms with E-state index in [1.165, 1.54) is 0 Å². The van der Waals surface area contributed by atoms with E-state index in [4.69, 9.17) is 0 Å². The van der Waals surface area contributed by atoms with Crippen LogP contribution >= 0.6 is 15.9 Å². The fourth-order valence-corrected chi connectivity index (χ4v) is 2.62. The van der Waals surface area contributed by atoms with Crippen molar-refractivity contribution in [2.45, 2.75) is 12.5 Å². The molecule has 0 spiro atoms. The van der Waals surface area contributed by atoms with Gasteiger partial charge >= 0.3 is 0 Å². The lowest BCUT2D eigenvalue weighted by molar-refractivity contribution is 0.178. The number of nitrogens with zero attached hydrogens (tertiary/aromatic N) is 2. The highest BCUT2D eigenvalue weighted by atomic mass is 79.9. The van der Waals surface area contributed by atoms with Crippen molar-refractivity contribution in [1.29, 1.82) is 0 Å². The second-order valence-electron chi connectivity index (χ2n) is 4.62. The average Bonchev–Trinajstić information content (AvgIpc) is 2.49. The van der Waals surface area contributed by atoms with Crippen LogP contribution < -0.4 is 0 Å². The first kappa shape index (κ1) is 13.2. The minimum Gasteiger partial charge on any atom is -0.388 e. The van der Waals surface area contributed by atoms with Gasteiger partial charge in [-0.25, -0.2) is 0 Å². The first-order chi connectivity index (χ1) is 9.74. The van der Waals surface area contributed by atoms with Crippen LogP contribution in [-0.2, 0) is 6.42 Å². The van der Waals surface area contributed by atoms with Gasteiger partial charge in [0.1, 0.15) is 0 Å². The van der Waals surface area contributed by atoms with Crippen LogP contribution in [0.2, 0.25) is 0 Å². The van der Waals surface area contributed by atoms with Gasteiger partial charge in [-0.3, -0.25) is 9.97 Å². The van der Waals surface area contributed by atoms with Crippen molar-refractivity contribution < 1.29 is 5.11 Å². The molecule has 3 aromatic rings. The number of aliphatic hydroxyl groups excluding tert-OH is 1. The zero-order chi connectivity index (χ0) is 13.9. The lowest BCUT2D eigenvalue weighted by Crippen LogP contribution is -2.02. The van der Waals surface area contributed by atoms with Gasteiger partial charge in [-0.1, -0.05) is 40.2 Å². The number of benzene rings is 2. The lowest BCUT2D eigenvalue weighted by atomic mass is 10.0. The van der Waals surface area contributed by atoms with E-state index in [1.54, 1.807) is 12.4 Å². The SMILES string of the molecule is OC(Cc1ccccc1Br)c1ccc2nccnc2c1. The van der Waals surface area contributed by atoms with Crippen LogP contribution in [0.5, 0.6) is 0 Å². The Hall–Kier alpha value is -1.78. The van der Waals surface area contributed by atoms with Crippen molar-refractivity contribution in [2.24, 2.45) is 0 Å². The molecule has 1 heterocycles. The molecule has 0 saturated heterocycles. The molecule has 0 saturated carbocycles. The molecule has 0 aliphatic carbocycles. The summed E-state index contributed by atoms with van der Waals surface area (Å²) in [6.07, 6.45) is 3.33. The number of halogens is 1. The van der Waals surface area contributed by atoms with Crippen molar-refractivity contribution >= 4 is 27.0 Å². The number of rotatable bonds is 3. The molecule has 0 bridgehead atoms. The van der Waals surface area contributed by atoms with Crippen LogP contribution in [0.3, 0.4) is 0 Å². The maximum Gasteiger partial charge on any atom is 0.0890 e. The quantitative estimate of drug-likeness (QED) is 0.797. The predicted molar refractivity (Wildman–Crippen MR) is 82.3 cm³/mol. The van der Waals surface area contributed by atoms with Crippen LogP contribution in [0.1, 0.15) is 17.2 Å². The molecule has 1 aromatic heterocycles. The van der Waals surface area contributed by atoms with Gasteiger partial charge in [0.25, 0.3) is 0 Å². The van der Waals surface area contributed by atoms with Crippen molar-refractivity contribution in [3.63, 3.8) is 0 Å². The normalized spacial score (nSPS) is 12.5. The fraction of sp³-hybridized carbons (Fsp3) is 0.125. The number of aromatic nitrogens is 2. The molecule has 0 radical (unpaired) electrons. The summed E-state index contributed by atoms with van der Waals surface area (Å²) in [5, 5.41) is 10.4. The molecular formula is C16H13BrN2O. The molecule has 0 amide bonds. The monoisotopic (exact) mass is 328 g/mol. The Kier molecular flexibility index (Phi) is 3.76. The molecule has 3 rings (SSSR count). The second-order valence-corrected chi connectivity index (χ2v) is 5.47. The Labute approximate surface area is 125 Å². The smallest absolute Gasteiger partial charge is 0.0890 e. The molecule has 1 atom stereocenters. The van der Waals surface area contributed by atoms with Crippen LogP contribution in [0.25, 0.3) is 11.0 Å². The molecule has 0 fully saturated rings. The summed E-state index contributed by atoms with van der Waals surface area (Å²) in [5.41, 5.74) is 3.58. The standard InChI is InChI=1S/C16H13BrN2O/c17-13-4-2-1-3-11(13)10-16(20)12-5-6-14-15(9-12)19-8-7-18-14/h1-9,16,20H,10H2. The van der Waals surface area contributed by atoms with Gasteiger partial charge < -0.3 is 5.11 Å². The highest BCUT2D eigenvalue weighted by Gasteiger charge is 2.11. The molecule has 0 aliphatic rings. The molecule has 1 N–H and O–H groups in total. The molecule has 0 aliphatic heterocycles. The van der Waals surface area contributed by atoms with Gasteiger partial charge in [0.2, 0.25) is 0 Å². The van der Waals surface area contributed by atoms with E-state index in [0.29, 0.717) is 6.42 Å². The number of hydrogen-bond donors (Lipinski definition) is 1. The van der Waals surface area contributed by atoms with Crippen molar-refractivity contribution in [1.82, 2.24) is 9.97 Å². The van der Waals surface area contributed by atoms with E-state index in [1.807, 2.05) is 42.5 Å². The van der Waals surface area contributed by atoms with Crippen LogP contribution in [0.4, 0.5) is 0 Å². The third-order valence-corrected chi connectivity index (χ3v) is 4.02. The lowest BCUT2D eigenvalue weighted by Gasteiger charge is -2.12. The third kappa shape index (κ3) is 2.71. The first-order valence-electron chi connectivity index (χ1n) is 6.36. The Balaban J connectivity index is 1.89. The molecule has 100 valence electrons. The summed E-state index contributed by atoms with van der Waals surface area (Å²) >= 11 is 3.50. The fourth-order valence-electron chi connectivity index (χ4n) is 2.18. The maximum atomic E-state index is 10.4. The van der Waals surface area contributed by atoms with Gasteiger partial charge in [0.15, 0.2) is 0 Å². The maximum absolute atomic E-state index is 10.4. The zero-order valence-corrected chi connectivity index (χ0v) is 12.3. The van der Waals surface area contributed by atoms with E-state index >= 15 is 0 Å². The Morgan fingerprint density at radius 3 is 2.55 bits per heavy atom. The van der Waals surface area contributed by atoms with E-state index in [-0.39, 0.29) is 0 Å². The largest absolute Gasteiger partial charge is 0.388 e. The summed E-state index contributed by atoms with van der Waals surface area (Å²) in [4.78, 5) is 8.49. The first-order valence-corrected chi connectivity index (χ1v) is 7.15. The van der Waals surface area contributed by atoms with Crippen LogP contribution in [0.15, 0.2) is 59.3 Å². The highest BCUT2D eigenvalue weighted by molar-refractivity contribution is 9.10. The van der Waals surface area contributed by atoms with Gasteiger partial charge in [0.05, 0.1) is 17.1 Å². The van der Waals surface area contributed by atoms with Crippen molar-refractivity contribution in [3.8, 4) is 0 Å². The minimum atomic E-state index is -0.555. The van der Waals surface area contributed by atoms with Crippen molar-refractivity contribution in [3.05, 3.63) is 70.5 Å². The zero-order valence-electron chi connectivity index (χ0n) is 10.7. The van der Waals surface area contributed by atoms with E-state index in [0.717, 1.165) is 26.6 Å². The molecular weight excluding hydrogens is 316 g/mol. The van der Waals surface area contributed by atoms with Crippen LogP contribution in [0, 0.1) is 0 Å². The molecule has 20 heavy (non-hydrogen) atoms. The van der Waals surface area contributed by atoms with Gasteiger partial charge in [-0.15, -0.1) is 0 Å². The molecule has 1 unspecified atom stereocenters. The minimum absolute atomic E-state index is 0.555. The molecule has 4 heteroatoms. The number of hydrogen-bond acceptors (Lipinski definition) is 3. The van der Waals surface area contributed by atoms with Crippen molar-refractivity contribution in [2.75, 3.05) is 0 Å². The molecule has 2 aromatic carbocycles. The van der Waals surface area contributed by atoms with E-state index in [9.17, 15) is 5.11 Å². The Morgan fingerprint density at radius 2 is 1.75 bits per heavy atom.